The normalized spacial score (nSPS) is 34.7. The van der Waals surface area contributed by atoms with Crippen molar-refractivity contribution < 1.29 is 24.2 Å². The molecule has 1 spiro atoms. The Morgan fingerprint density at radius 2 is 2.04 bits per heavy atom. The molecule has 0 aromatic rings. The Kier molecular flexibility index (Phi) is 5.24. The number of rotatable bonds is 6. The number of ether oxygens (including phenoxy) is 1. The number of nitrogens with zero attached hydrogens (tertiary/aromatic N) is 1. The van der Waals surface area contributed by atoms with E-state index >= 15 is 0 Å². The smallest absolute Gasteiger partial charge is 0.246 e. The van der Waals surface area contributed by atoms with Gasteiger partial charge >= 0.3 is 0 Å². The monoisotopic (exact) mass is 381 g/mol. The lowest BCUT2D eigenvalue weighted by Crippen LogP contribution is -2.58. The molecule has 0 radical (unpaired) electrons. The van der Waals surface area contributed by atoms with E-state index in [1.165, 1.54) is 4.90 Å². The number of carbonyl (C=O) groups is 3. The van der Waals surface area contributed by atoms with Crippen LogP contribution >= 0.6 is 0 Å². The first-order valence-electron chi connectivity index (χ1n) is 9.85. The van der Waals surface area contributed by atoms with Gasteiger partial charge in [-0.25, -0.2) is 0 Å². The lowest BCUT2D eigenvalue weighted by molar-refractivity contribution is -0.143. The first kappa shape index (κ1) is 20.1. The molecule has 2 bridgehead atoms. The van der Waals surface area contributed by atoms with Crippen LogP contribution in [0.2, 0.25) is 0 Å². The number of likely N-dealkylation sites (tertiary alicyclic amines) is 1. The highest BCUT2D eigenvalue weighted by molar-refractivity contribution is 5.99. The third-order valence-electron chi connectivity index (χ3n) is 5.74. The minimum Gasteiger partial charge on any atom is -0.395 e. The fourth-order valence-corrected chi connectivity index (χ4v) is 4.91. The highest BCUT2D eigenvalue weighted by Gasteiger charge is 2.74. The van der Waals surface area contributed by atoms with Crippen molar-refractivity contribution in [2.24, 2.45) is 11.8 Å². The summed E-state index contributed by atoms with van der Waals surface area (Å²) in [5.41, 5.74) is -1.45. The number of fused-ring (bicyclic) bond motifs is 1. The Labute approximate surface area is 160 Å². The first-order valence-corrected chi connectivity index (χ1v) is 9.85. The highest BCUT2D eigenvalue weighted by Crippen LogP contribution is 2.58. The van der Waals surface area contributed by atoms with E-state index in [-0.39, 0.29) is 37.0 Å². The van der Waals surface area contributed by atoms with Crippen LogP contribution in [0.5, 0.6) is 0 Å². The van der Waals surface area contributed by atoms with Crippen LogP contribution < -0.4 is 10.6 Å². The molecule has 0 aromatic carbocycles. The van der Waals surface area contributed by atoms with Gasteiger partial charge in [-0.3, -0.25) is 14.4 Å². The minimum absolute atomic E-state index is 0.0522. The molecule has 5 atom stereocenters. The Hall–Kier alpha value is -1.67. The lowest BCUT2D eigenvalue weighted by Gasteiger charge is -2.35. The molecular formula is C19H31N3O5. The molecule has 152 valence electrons. The van der Waals surface area contributed by atoms with Crippen molar-refractivity contribution in [3.8, 4) is 0 Å². The number of hydrogen-bond acceptors (Lipinski definition) is 5. The number of aliphatic hydroxyl groups is 1. The van der Waals surface area contributed by atoms with Gasteiger partial charge in [0.2, 0.25) is 17.7 Å². The summed E-state index contributed by atoms with van der Waals surface area (Å²) < 4.78 is 6.23. The van der Waals surface area contributed by atoms with Gasteiger partial charge in [0, 0.05) is 18.6 Å². The molecule has 3 rings (SSSR count). The van der Waals surface area contributed by atoms with Gasteiger partial charge in [0.05, 0.1) is 24.5 Å². The maximum absolute atomic E-state index is 13.2. The van der Waals surface area contributed by atoms with E-state index in [2.05, 4.69) is 10.6 Å². The summed E-state index contributed by atoms with van der Waals surface area (Å²) in [6.07, 6.45) is 1.69. The summed E-state index contributed by atoms with van der Waals surface area (Å²) in [5, 5.41) is 15.3. The van der Waals surface area contributed by atoms with Crippen LogP contribution in [-0.2, 0) is 19.1 Å². The topological polar surface area (TPSA) is 108 Å². The van der Waals surface area contributed by atoms with E-state index in [1.54, 1.807) is 0 Å². The van der Waals surface area contributed by atoms with E-state index in [0.29, 0.717) is 19.4 Å². The van der Waals surface area contributed by atoms with E-state index in [9.17, 15) is 19.5 Å². The summed E-state index contributed by atoms with van der Waals surface area (Å²) in [5.74, 6) is -1.98. The zero-order valence-electron chi connectivity index (χ0n) is 16.6. The van der Waals surface area contributed by atoms with Crippen molar-refractivity contribution in [1.82, 2.24) is 15.5 Å². The molecule has 2 unspecified atom stereocenters. The van der Waals surface area contributed by atoms with Crippen LogP contribution in [0.25, 0.3) is 0 Å². The minimum atomic E-state index is -0.986. The third-order valence-corrected chi connectivity index (χ3v) is 5.74. The summed E-state index contributed by atoms with van der Waals surface area (Å²) in [7, 11) is 0. The first-order chi connectivity index (χ1) is 12.7. The third kappa shape index (κ3) is 3.23. The molecular weight excluding hydrogens is 350 g/mol. The second-order valence-corrected chi connectivity index (χ2v) is 8.84. The number of hydrogen-bond donors (Lipinski definition) is 3. The second-order valence-electron chi connectivity index (χ2n) is 8.84. The van der Waals surface area contributed by atoms with E-state index in [4.69, 9.17) is 4.74 Å². The SMILES string of the molecule is CCCNC(=O)[C@@H]1[C@H]2C(=O)N(CCO)C(C(=O)NC(C)(C)C)C23CC[C@H]1O3. The van der Waals surface area contributed by atoms with Gasteiger partial charge in [-0.05, 0) is 40.0 Å². The molecule has 3 aliphatic heterocycles. The van der Waals surface area contributed by atoms with Crippen molar-refractivity contribution in [2.45, 2.75) is 70.2 Å². The van der Waals surface area contributed by atoms with Crippen LogP contribution in [0.3, 0.4) is 0 Å². The average Bonchev–Trinajstić information content (AvgIpc) is 3.19. The van der Waals surface area contributed by atoms with Gasteiger partial charge in [0.15, 0.2) is 0 Å². The Morgan fingerprint density at radius 3 is 2.63 bits per heavy atom. The van der Waals surface area contributed by atoms with Gasteiger partial charge < -0.3 is 25.4 Å². The van der Waals surface area contributed by atoms with Crippen molar-refractivity contribution in [1.29, 1.82) is 0 Å². The summed E-state index contributed by atoms with van der Waals surface area (Å²) >= 11 is 0. The van der Waals surface area contributed by atoms with Gasteiger partial charge in [-0.2, -0.15) is 0 Å². The second kappa shape index (κ2) is 7.05. The van der Waals surface area contributed by atoms with Crippen molar-refractivity contribution in [3.63, 3.8) is 0 Å². The molecule has 3 heterocycles. The largest absolute Gasteiger partial charge is 0.395 e. The van der Waals surface area contributed by atoms with E-state index in [0.717, 1.165) is 6.42 Å². The summed E-state index contributed by atoms with van der Waals surface area (Å²) in [4.78, 5) is 40.5. The zero-order valence-corrected chi connectivity index (χ0v) is 16.6. The van der Waals surface area contributed by atoms with Crippen LogP contribution in [0.15, 0.2) is 0 Å². The lowest BCUT2D eigenvalue weighted by atomic mass is 9.70. The van der Waals surface area contributed by atoms with Gasteiger partial charge in [0.25, 0.3) is 0 Å². The molecule has 3 N–H and O–H groups in total. The summed E-state index contributed by atoms with van der Waals surface area (Å²) in [6, 6.07) is -0.824. The van der Waals surface area contributed by atoms with Crippen LogP contribution in [0.1, 0.15) is 47.0 Å². The van der Waals surface area contributed by atoms with Crippen LogP contribution in [-0.4, -0.2) is 70.7 Å². The average molecular weight is 381 g/mol. The van der Waals surface area contributed by atoms with Crippen LogP contribution in [0.4, 0.5) is 0 Å². The van der Waals surface area contributed by atoms with Crippen molar-refractivity contribution in [3.05, 3.63) is 0 Å². The molecule has 3 amide bonds. The highest BCUT2D eigenvalue weighted by atomic mass is 16.5. The molecule has 27 heavy (non-hydrogen) atoms. The zero-order chi connectivity index (χ0) is 20.0. The van der Waals surface area contributed by atoms with Crippen molar-refractivity contribution >= 4 is 17.7 Å². The molecule has 3 saturated heterocycles. The van der Waals surface area contributed by atoms with E-state index in [1.807, 2.05) is 27.7 Å². The van der Waals surface area contributed by atoms with E-state index < -0.39 is 29.0 Å². The van der Waals surface area contributed by atoms with Gasteiger partial charge in [0.1, 0.15) is 11.6 Å². The predicted octanol–water partition coefficient (Wildman–Crippen LogP) is -0.206. The molecule has 8 heteroatoms. The fraction of sp³-hybridized carbons (Fsp3) is 0.842. The van der Waals surface area contributed by atoms with Crippen LogP contribution in [0, 0.1) is 11.8 Å². The van der Waals surface area contributed by atoms with Crippen molar-refractivity contribution in [2.75, 3.05) is 19.7 Å². The van der Waals surface area contributed by atoms with Gasteiger partial charge in [-0.1, -0.05) is 6.92 Å². The number of nitrogens with one attached hydrogen (secondary N) is 2. The maximum Gasteiger partial charge on any atom is 0.246 e. The quantitative estimate of drug-likeness (QED) is 0.590. The number of aliphatic hydroxyl groups excluding tert-OH is 1. The Balaban J connectivity index is 1.95. The number of amides is 3. The van der Waals surface area contributed by atoms with Gasteiger partial charge in [-0.15, -0.1) is 0 Å². The molecule has 3 fully saturated rings. The standard InChI is InChI=1S/C19H31N3O5/c1-5-8-20-15(24)12-11-6-7-19(27-11)13(12)17(26)22(9-10-23)14(19)16(25)21-18(2,3)4/h11-14,23H,5-10H2,1-4H3,(H,20,24)(H,21,25)/t11-,12+,13+,14?,19?/m1/s1. The predicted molar refractivity (Wildman–Crippen MR) is 97.6 cm³/mol. The molecule has 0 aliphatic carbocycles. The molecule has 8 nitrogen and oxygen atoms in total. The number of carbonyl (C=O) groups excluding carboxylic acids is 3. The fourth-order valence-electron chi connectivity index (χ4n) is 4.91. The Morgan fingerprint density at radius 1 is 1.33 bits per heavy atom. The summed E-state index contributed by atoms with van der Waals surface area (Å²) in [6.45, 7) is 7.95. The molecule has 3 aliphatic rings. The molecule has 0 saturated carbocycles. The Bertz CT molecular complexity index is 631. The molecule has 0 aromatic heterocycles. The maximum atomic E-state index is 13.2. The number of β-amino-alcohol motifs (C(OH)–C–C–N with tert-alkyl or cyclic N) is 1.